The fourth-order valence-corrected chi connectivity index (χ4v) is 2.25. The quantitative estimate of drug-likeness (QED) is 0.668. The van der Waals surface area contributed by atoms with Gasteiger partial charge in [-0.1, -0.05) is 0 Å². The summed E-state index contributed by atoms with van der Waals surface area (Å²) in [4.78, 5) is 37.2. The van der Waals surface area contributed by atoms with Gasteiger partial charge in [-0.05, 0) is 27.7 Å². The van der Waals surface area contributed by atoms with E-state index in [1.54, 1.807) is 16.8 Å². The lowest BCUT2D eigenvalue weighted by atomic mass is 10.2. The van der Waals surface area contributed by atoms with Gasteiger partial charge in [-0.15, -0.1) is 0 Å². The zero-order chi connectivity index (χ0) is 15.8. The minimum absolute atomic E-state index is 0.286. The Morgan fingerprint density at radius 2 is 1.71 bits per heavy atom. The smallest absolute Gasteiger partial charge is 0.410 e. The summed E-state index contributed by atoms with van der Waals surface area (Å²) >= 11 is 0. The van der Waals surface area contributed by atoms with Crippen molar-refractivity contribution < 1.29 is 19.1 Å². The number of hydrazine groups is 1. The van der Waals surface area contributed by atoms with Gasteiger partial charge in [-0.3, -0.25) is 9.59 Å². The number of ether oxygens (including phenoxy) is 1. The number of hydrogen-bond acceptors (Lipinski definition) is 5. The van der Waals surface area contributed by atoms with E-state index < -0.39 is 5.60 Å². The summed E-state index contributed by atoms with van der Waals surface area (Å²) < 4.78 is 5.31. The summed E-state index contributed by atoms with van der Waals surface area (Å²) in [6.07, 6.45) is 0.971. The number of carbonyl (C=O) groups is 3. The zero-order valence-corrected chi connectivity index (χ0v) is 12.9. The molecule has 2 heterocycles. The predicted molar refractivity (Wildman–Crippen MR) is 75.0 cm³/mol. The number of imide groups is 1. The molecule has 3 amide bonds. The molecule has 2 aliphatic heterocycles. The highest BCUT2D eigenvalue weighted by molar-refractivity contribution is 6.15. The molecule has 116 valence electrons. The molecule has 1 fully saturated rings. The fourth-order valence-electron chi connectivity index (χ4n) is 2.25. The molecule has 0 N–H and O–H groups in total. The lowest BCUT2D eigenvalue weighted by Crippen LogP contribution is -2.57. The van der Waals surface area contributed by atoms with Gasteiger partial charge in [0.25, 0.3) is 11.8 Å². The van der Waals surface area contributed by atoms with Crippen LogP contribution < -0.4 is 0 Å². The Balaban J connectivity index is 1.91. The summed E-state index contributed by atoms with van der Waals surface area (Å²) in [7, 11) is 0. The molecule has 0 atom stereocenters. The molecule has 0 aromatic rings. The minimum Gasteiger partial charge on any atom is -0.444 e. The van der Waals surface area contributed by atoms with Gasteiger partial charge in [0.1, 0.15) is 5.60 Å². The standard InChI is InChI=1S/C14H21N3O4/c1-10-9-11(18)17(12(10)19)16-7-5-15(6-8-16)13(20)21-14(2,3)4/h9H,5-8H2,1-4H3. The Labute approximate surface area is 124 Å². The van der Waals surface area contributed by atoms with Crippen LogP contribution in [0.25, 0.3) is 0 Å². The van der Waals surface area contributed by atoms with E-state index in [1.165, 1.54) is 6.08 Å². The molecule has 0 aliphatic carbocycles. The molecule has 1 saturated heterocycles. The van der Waals surface area contributed by atoms with E-state index >= 15 is 0 Å². The average molecular weight is 295 g/mol. The summed E-state index contributed by atoms with van der Waals surface area (Å²) in [6, 6.07) is 0. The van der Waals surface area contributed by atoms with Crippen molar-refractivity contribution in [2.24, 2.45) is 0 Å². The van der Waals surface area contributed by atoms with Crippen molar-refractivity contribution in [1.82, 2.24) is 14.9 Å². The SMILES string of the molecule is CC1=CC(=O)N(N2CCN(C(=O)OC(C)(C)C)CC2)C1=O. The van der Waals surface area contributed by atoms with Crippen LogP contribution in [0.2, 0.25) is 0 Å². The van der Waals surface area contributed by atoms with Crippen LogP contribution in [0.4, 0.5) is 4.79 Å². The molecule has 2 aliphatic rings. The van der Waals surface area contributed by atoms with Gasteiger partial charge in [-0.25, -0.2) is 14.8 Å². The van der Waals surface area contributed by atoms with Gasteiger partial charge in [0.05, 0.1) is 0 Å². The van der Waals surface area contributed by atoms with Gasteiger partial charge in [-0.2, -0.15) is 0 Å². The van der Waals surface area contributed by atoms with Crippen molar-refractivity contribution >= 4 is 17.9 Å². The lowest BCUT2D eigenvalue weighted by molar-refractivity contribution is -0.158. The Morgan fingerprint density at radius 3 is 2.14 bits per heavy atom. The van der Waals surface area contributed by atoms with Crippen LogP contribution in [0.15, 0.2) is 11.6 Å². The van der Waals surface area contributed by atoms with Crippen molar-refractivity contribution in [2.45, 2.75) is 33.3 Å². The summed E-state index contributed by atoms with van der Waals surface area (Å²) in [6.45, 7) is 8.77. The second kappa shape index (κ2) is 5.48. The van der Waals surface area contributed by atoms with Gasteiger partial charge < -0.3 is 9.64 Å². The topological polar surface area (TPSA) is 70.2 Å². The highest BCUT2D eigenvalue weighted by Crippen LogP contribution is 2.18. The molecule has 0 unspecified atom stereocenters. The molecule has 7 heteroatoms. The largest absolute Gasteiger partial charge is 0.444 e. The Hall–Kier alpha value is -1.89. The number of hydrogen-bond donors (Lipinski definition) is 0. The molecule has 0 aromatic heterocycles. The van der Waals surface area contributed by atoms with Gasteiger partial charge in [0, 0.05) is 37.8 Å². The van der Waals surface area contributed by atoms with E-state index in [0.717, 1.165) is 5.01 Å². The maximum Gasteiger partial charge on any atom is 0.410 e. The monoisotopic (exact) mass is 295 g/mol. The molecule has 0 bridgehead atoms. The number of piperazine rings is 1. The molecule has 7 nitrogen and oxygen atoms in total. The normalized spacial score (nSPS) is 20.9. The maximum absolute atomic E-state index is 11.9. The second-order valence-corrected chi connectivity index (χ2v) is 6.20. The highest BCUT2D eigenvalue weighted by Gasteiger charge is 2.36. The van der Waals surface area contributed by atoms with Gasteiger partial charge >= 0.3 is 6.09 Å². The van der Waals surface area contributed by atoms with Crippen LogP contribution in [-0.4, -0.2) is 64.6 Å². The van der Waals surface area contributed by atoms with Crippen LogP contribution in [-0.2, 0) is 14.3 Å². The first-order valence-electron chi connectivity index (χ1n) is 6.98. The third-order valence-electron chi connectivity index (χ3n) is 3.27. The number of carbonyl (C=O) groups excluding carboxylic acids is 3. The Morgan fingerprint density at radius 1 is 1.14 bits per heavy atom. The second-order valence-electron chi connectivity index (χ2n) is 6.20. The molecule has 0 saturated carbocycles. The third-order valence-corrected chi connectivity index (χ3v) is 3.27. The molecule has 0 radical (unpaired) electrons. The predicted octanol–water partition coefficient (Wildman–Crippen LogP) is 0.769. The van der Waals surface area contributed by atoms with Gasteiger partial charge in [0.2, 0.25) is 0 Å². The average Bonchev–Trinajstić information content (AvgIpc) is 2.61. The summed E-state index contributed by atoms with van der Waals surface area (Å²) in [5.74, 6) is -0.603. The van der Waals surface area contributed by atoms with Crippen molar-refractivity contribution in [1.29, 1.82) is 0 Å². The molecule has 0 aromatic carbocycles. The van der Waals surface area contributed by atoms with Crippen LogP contribution in [0.5, 0.6) is 0 Å². The molecular weight excluding hydrogens is 274 g/mol. The number of rotatable bonds is 1. The van der Waals surface area contributed by atoms with E-state index in [0.29, 0.717) is 31.8 Å². The van der Waals surface area contributed by atoms with Crippen LogP contribution >= 0.6 is 0 Å². The molecule has 21 heavy (non-hydrogen) atoms. The first-order valence-corrected chi connectivity index (χ1v) is 6.98. The van der Waals surface area contributed by atoms with Crippen LogP contribution in [0.1, 0.15) is 27.7 Å². The minimum atomic E-state index is -0.532. The van der Waals surface area contributed by atoms with E-state index in [1.807, 2.05) is 20.8 Å². The molecule has 0 spiro atoms. The zero-order valence-electron chi connectivity index (χ0n) is 12.9. The summed E-state index contributed by atoms with van der Waals surface area (Å²) in [5, 5.41) is 2.83. The van der Waals surface area contributed by atoms with Crippen molar-refractivity contribution in [3.8, 4) is 0 Å². The van der Waals surface area contributed by atoms with E-state index in [9.17, 15) is 14.4 Å². The Bertz CT molecular complexity index is 499. The third kappa shape index (κ3) is 3.41. The van der Waals surface area contributed by atoms with Crippen LogP contribution in [0, 0.1) is 0 Å². The first kappa shape index (κ1) is 15.5. The highest BCUT2D eigenvalue weighted by atomic mass is 16.6. The fraction of sp³-hybridized carbons (Fsp3) is 0.643. The summed E-state index contributed by atoms with van der Waals surface area (Å²) in [5.41, 5.74) is -0.0922. The number of amides is 3. The maximum atomic E-state index is 11.9. The number of nitrogens with zero attached hydrogens (tertiary/aromatic N) is 3. The molecule has 2 rings (SSSR count). The van der Waals surface area contributed by atoms with Crippen LogP contribution in [0.3, 0.4) is 0 Å². The van der Waals surface area contributed by atoms with Crippen molar-refractivity contribution in [3.05, 3.63) is 11.6 Å². The van der Waals surface area contributed by atoms with E-state index in [2.05, 4.69) is 0 Å². The lowest BCUT2D eigenvalue weighted by Gasteiger charge is -2.38. The van der Waals surface area contributed by atoms with Crippen molar-refractivity contribution in [3.63, 3.8) is 0 Å². The van der Waals surface area contributed by atoms with E-state index in [-0.39, 0.29) is 17.9 Å². The van der Waals surface area contributed by atoms with Gasteiger partial charge in [0.15, 0.2) is 0 Å². The first-order chi connectivity index (χ1) is 9.69. The van der Waals surface area contributed by atoms with E-state index in [4.69, 9.17) is 4.74 Å². The Kier molecular flexibility index (Phi) is 4.04. The van der Waals surface area contributed by atoms with Crippen molar-refractivity contribution in [2.75, 3.05) is 26.2 Å². The molecular formula is C14H21N3O4.